The normalized spacial score (nSPS) is 11.4. The van der Waals surface area contributed by atoms with Crippen molar-refractivity contribution < 1.29 is 13.2 Å². The zero-order valence-electron chi connectivity index (χ0n) is 16.2. The molecule has 2 rings (SSSR count). The largest absolute Gasteiger partial charge is 0.355 e. The number of hydrogen-bond acceptors (Lipinski definition) is 3. The molecule has 6 heteroatoms. The second-order valence-electron chi connectivity index (χ2n) is 6.95. The van der Waals surface area contributed by atoms with Crippen molar-refractivity contribution in [2.45, 2.75) is 32.6 Å². The Hall–Kier alpha value is -2.34. The SMILES string of the molecule is CC(C)c1ccc(N(CC(=O)NCCCc2ccccc2)S(C)(=O)=O)cc1. The van der Waals surface area contributed by atoms with E-state index in [1.165, 1.54) is 5.56 Å². The van der Waals surface area contributed by atoms with Gasteiger partial charge in [-0.05, 0) is 42.0 Å². The van der Waals surface area contributed by atoms with E-state index in [1.54, 1.807) is 12.1 Å². The Morgan fingerprint density at radius 1 is 1.04 bits per heavy atom. The van der Waals surface area contributed by atoms with Gasteiger partial charge in [-0.15, -0.1) is 0 Å². The van der Waals surface area contributed by atoms with Crippen LogP contribution < -0.4 is 9.62 Å². The molecule has 0 heterocycles. The lowest BCUT2D eigenvalue weighted by atomic mass is 10.0. The fourth-order valence-corrected chi connectivity index (χ4v) is 3.63. The Kier molecular flexibility index (Phi) is 7.42. The highest BCUT2D eigenvalue weighted by molar-refractivity contribution is 7.92. The predicted octanol–water partition coefficient (Wildman–Crippen LogP) is 3.33. The van der Waals surface area contributed by atoms with Gasteiger partial charge in [-0.25, -0.2) is 8.42 Å². The maximum Gasteiger partial charge on any atom is 0.240 e. The molecule has 5 nitrogen and oxygen atoms in total. The minimum absolute atomic E-state index is 0.217. The number of nitrogens with zero attached hydrogens (tertiary/aromatic N) is 1. The van der Waals surface area contributed by atoms with Gasteiger partial charge in [0.25, 0.3) is 0 Å². The van der Waals surface area contributed by atoms with E-state index < -0.39 is 10.0 Å². The Morgan fingerprint density at radius 2 is 1.67 bits per heavy atom. The molecule has 2 aromatic carbocycles. The zero-order chi connectivity index (χ0) is 19.9. The minimum atomic E-state index is -3.55. The molecule has 0 saturated carbocycles. The molecule has 146 valence electrons. The molecular formula is C21H28N2O3S. The lowest BCUT2D eigenvalue weighted by Gasteiger charge is -2.22. The van der Waals surface area contributed by atoms with Crippen molar-refractivity contribution in [2.24, 2.45) is 0 Å². The van der Waals surface area contributed by atoms with Gasteiger partial charge in [-0.3, -0.25) is 9.10 Å². The van der Waals surface area contributed by atoms with Crippen molar-refractivity contribution in [2.75, 3.05) is 23.7 Å². The molecule has 0 aliphatic carbocycles. The maximum atomic E-state index is 12.2. The molecular weight excluding hydrogens is 360 g/mol. The minimum Gasteiger partial charge on any atom is -0.355 e. The van der Waals surface area contributed by atoms with E-state index in [9.17, 15) is 13.2 Å². The van der Waals surface area contributed by atoms with E-state index in [-0.39, 0.29) is 12.5 Å². The van der Waals surface area contributed by atoms with E-state index in [1.807, 2.05) is 42.5 Å². The van der Waals surface area contributed by atoms with Crippen molar-refractivity contribution in [1.29, 1.82) is 0 Å². The van der Waals surface area contributed by atoms with Crippen molar-refractivity contribution >= 4 is 21.6 Å². The van der Waals surface area contributed by atoms with Gasteiger partial charge in [0.2, 0.25) is 15.9 Å². The Balaban J connectivity index is 1.92. The molecule has 0 unspecified atom stereocenters. The molecule has 0 atom stereocenters. The number of sulfonamides is 1. The number of amides is 1. The lowest BCUT2D eigenvalue weighted by molar-refractivity contribution is -0.119. The van der Waals surface area contributed by atoms with Gasteiger partial charge < -0.3 is 5.32 Å². The number of benzene rings is 2. The summed E-state index contributed by atoms with van der Waals surface area (Å²) < 4.78 is 25.4. The van der Waals surface area contributed by atoms with Crippen LogP contribution in [0, 0.1) is 0 Å². The monoisotopic (exact) mass is 388 g/mol. The van der Waals surface area contributed by atoms with E-state index in [4.69, 9.17) is 0 Å². The smallest absolute Gasteiger partial charge is 0.240 e. The molecule has 2 aromatic rings. The summed E-state index contributed by atoms with van der Waals surface area (Å²) in [6, 6.07) is 17.3. The van der Waals surface area contributed by atoms with Crippen LogP contribution in [0.25, 0.3) is 0 Å². The third-order valence-corrected chi connectivity index (χ3v) is 5.48. The van der Waals surface area contributed by atoms with Crippen LogP contribution in [0.15, 0.2) is 54.6 Å². The number of rotatable bonds is 9. The molecule has 1 N–H and O–H groups in total. The lowest BCUT2D eigenvalue weighted by Crippen LogP contribution is -2.40. The molecule has 0 aliphatic heterocycles. The summed E-state index contributed by atoms with van der Waals surface area (Å²) in [6.45, 7) is 4.45. The number of hydrogen-bond donors (Lipinski definition) is 1. The summed E-state index contributed by atoms with van der Waals surface area (Å²) in [4.78, 5) is 12.2. The van der Waals surface area contributed by atoms with Gasteiger partial charge in [0.1, 0.15) is 6.54 Å². The van der Waals surface area contributed by atoms with Gasteiger partial charge in [0.15, 0.2) is 0 Å². The highest BCUT2D eigenvalue weighted by atomic mass is 32.2. The van der Waals surface area contributed by atoms with Crippen LogP contribution in [0.5, 0.6) is 0 Å². The number of carbonyl (C=O) groups is 1. The van der Waals surface area contributed by atoms with Crippen LogP contribution in [0.4, 0.5) is 5.69 Å². The Bertz CT molecular complexity index is 831. The molecule has 1 amide bonds. The highest BCUT2D eigenvalue weighted by Crippen LogP contribution is 2.21. The van der Waals surface area contributed by atoms with Crippen molar-refractivity contribution in [3.05, 3.63) is 65.7 Å². The van der Waals surface area contributed by atoms with Gasteiger partial charge in [0.05, 0.1) is 11.9 Å². The highest BCUT2D eigenvalue weighted by Gasteiger charge is 2.20. The summed E-state index contributed by atoms with van der Waals surface area (Å²) in [7, 11) is -3.55. The molecule has 0 radical (unpaired) electrons. The first-order valence-corrected chi connectivity index (χ1v) is 11.0. The summed E-state index contributed by atoms with van der Waals surface area (Å²) in [5.41, 5.74) is 2.84. The Labute approximate surface area is 162 Å². The molecule has 0 spiro atoms. The average molecular weight is 389 g/mol. The third-order valence-electron chi connectivity index (χ3n) is 4.34. The Morgan fingerprint density at radius 3 is 2.22 bits per heavy atom. The quantitative estimate of drug-likeness (QED) is 0.670. The van der Waals surface area contributed by atoms with Crippen LogP contribution >= 0.6 is 0 Å². The molecule has 0 saturated heterocycles. The van der Waals surface area contributed by atoms with Gasteiger partial charge >= 0.3 is 0 Å². The standard InChI is InChI=1S/C21H28N2O3S/c1-17(2)19-11-13-20(14-12-19)23(27(3,25)26)16-21(24)22-15-7-10-18-8-5-4-6-9-18/h4-6,8-9,11-14,17H,7,10,15-16H2,1-3H3,(H,22,24). The molecule has 0 fully saturated rings. The van der Waals surface area contributed by atoms with Crippen LogP contribution in [-0.2, 0) is 21.2 Å². The number of nitrogens with one attached hydrogen (secondary N) is 1. The summed E-state index contributed by atoms with van der Waals surface area (Å²) in [6.07, 6.45) is 2.79. The summed E-state index contributed by atoms with van der Waals surface area (Å²) in [5, 5.41) is 2.81. The summed E-state index contributed by atoms with van der Waals surface area (Å²) >= 11 is 0. The molecule has 27 heavy (non-hydrogen) atoms. The average Bonchev–Trinajstić information content (AvgIpc) is 2.63. The van der Waals surface area contributed by atoms with E-state index in [0.717, 1.165) is 29.0 Å². The van der Waals surface area contributed by atoms with E-state index >= 15 is 0 Å². The van der Waals surface area contributed by atoms with Crippen molar-refractivity contribution in [3.8, 4) is 0 Å². The number of aryl methyl sites for hydroxylation is 1. The van der Waals surface area contributed by atoms with Gasteiger partial charge in [0, 0.05) is 6.54 Å². The zero-order valence-corrected chi connectivity index (χ0v) is 17.0. The fraction of sp³-hybridized carbons (Fsp3) is 0.381. The molecule has 0 bridgehead atoms. The number of anilines is 1. The predicted molar refractivity (Wildman–Crippen MR) is 110 cm³/mol. The first-order chi connectivity index (χ1) is 12.8. The second-order valence-corrected chi connectivity index (χ2v) is 8.86. The van der Waals surface area contributed by atoms with Gasteiger partial charge in [-0.2, -0.15) is 0 Å². The topological polar surface area (TPSA) is 66.5 Å². The van der Waals surface area contributed by atoms with Gasteiger partial charge in [-0.1, -0.05) is 56.3 Å². The maximum absolute atomic E-state index is 12.2. The third kappa shape index (κ3) is 6.71. The number of carbonyl (C=O) groups excluding carboxylic acids is 1. The second kappa shape index (κ2) is 9.55. The van der Waals surface area contributed by atoms with Crippen LogP contribution in [0.1, 0.15) is 37.3 Å². The van der Waals surface area contributed by atoms with Crippen LogP contribution in [0.3, 0.4) is 0 Å². The fourth-order valence-electron chi connectivity index (χ4n) is 2.78. The molecule has 0 aliphatic rings. The van der Waals surface area contributed by atoms with Crippen LogP contribution in [-0.4, -0.2) is 33.7 Å². The van der Waals surface area contributed by atoms with E-state index in [0.29, 0.717) is 18.2 Å². The van der Waals surface area contributed by atoms with E-state index in [2.05, 4.69) is 19.2 Å². The van der Waals surface area contributed by atoms with Crippen molar-refractivity contribution in [1.82, 2.24) is 5.32 Å². The molecule has 0 aromatic heterocycles. The first-order valence-electron chi connectivity index (χ1n) is 9.15. The summed E-state index contributed by atoms with van der Waals surface area (Å²) in [5.74, 6) is 0.0556. The first kappa shape index (κ1) is 21.0. The van der Waals surface area contributed by atoms with Crippen LogP contribution in [0.2, 0.25) is 0 Å². The van der Waals surface area contributed by atoms with Crippen molar-refractivity contribution in [3.63, 3.8) is 0 Å².